The number of nitrogens with zero attached hydrogens (tertiary/aromatic N) is 3. The topological polar surface area (TPSA) is 60.9 Å². The second-order valence-corrected chi connectivity index (χ2v) is 5.50. The van der Waals surface area contributed by atoms with Crippen LogP contribution in [0.2, 0.25) is 0 Å². The molecule has 0 amide bonds. The summed E-state index contributed by atoms with van der Waals surface area (Å²) in [6.45, 7) is 8.46. The van der Waals surface area contributed by atoms with Crippen LogP contribution in [-0.4, -0.2) is 14.7 Å². The fourth-order valence-corrected chi connectivity index (χ4v) is 2.75. The van der Waals surface area contributed by atoms with Crippen LogP contribution >= 0.6 is 0 Å². The average molecular weight is 283 g/mol. The number of hydrogen-bond acceptors (Lipinski definition) is 4. The highest BCUT2D eigenvalue weighted by Gasteiger charge is 2.13. The second-order valence-electron chi connectivity index (χ2n) is 5.50. The maximum Gasteiger partial charge on any atom is 0.266 e. The summed E-state index contributed by atoms with van der Waals surface area (Å²) in [4.78, 5) is 16.7. The van der Waals surface area contributed by atoms with E-state index in [1.54, 1.807) is 11.5 Å². The zero-order valence-corrected chi connectivity index (χ0v) is 12.6. The van der Waals surface area contributed by atoms with Crippen molar-refractivity contribution in [3.05, 3.63) is 56.8 Å². The minimum absolute atomic E-state index is 0.113. The molecule has 21 heavy (non-hydrogen) atoms. The van der Waals surface area contributed by atoms with E-state index in [9.17, 15) is 4.79 Å². The molecular weight excluding hydrogens is 266 g/mol. The van der Waals surface area contributed by atoms with Gasteiger partial charge in [-0.3, -0.25) is 9.36 Å². The molecule has 3 aromatic rings. The lowest BCUT2D eigenvalue weighted by Gasteiger charge is -2.12. The van der Waals surface area contributed by atoms with E-state index in [2.05, 4.69) is 43.0 Å². The number of fused-ring (bicyclic) bond motifs is 1. The Morgan fingerprint density at radius 3 is 2.48 bits per heavy atom. The molecule has 0 saturated carbocycles. The molecule has 0 bridgehead atoms. The van der Waals surface area contributed by atoms with Crippen molar-refractivity contribution in [2.45, 2.75) is 34.2 Å². The Balaban J connectivity index is 2.13. The van der Waals surface area contributed by atoms with Gasteiger partial charge in [0.2, 0.25) is 0 Å². The molecule has 108 valence electrons. The molecule has 3 rings (SSSR count). The molecule has 0 aliphatic rings. The highest BCUT2D eigenvalue weighted by Crippen LogP contribution is 2.17. The number of rotatable bonds is 2. The van der Waals surface area contributed by atoms with E-state index in [-0.39, 0.29) is 5.56 Å². The number of aryl methyl sites for hydroxylation is 4. The van der Waals surface area contributed by atoms with E-state index >= 15 is 0 Å². The Labute approximate surface area is 122 Å². The van der Waals surface area contributed by atoms with Crippen LogP contribution in [0, 0.1) is 27.7 Å². The van der Waals surface area contributed by atoms with Crippen molar-refractivity contribution in [2.24, 2.45) is 0 Å². The monoisotopic (exact) mass is 283 g/mol. The molecular formula is C16H17N3O2. The molecule has 1 aromatic carbocycles. The van der Waals surface area contributed by atoms with Crippen molar-refractivity contribution in [3.8, 4) is 0 Å². The fourth-order valence-electron chi connectivity index (χ4n) is 2.75. The summed E-state index contributed by atoms with van der Waals surface area (Å²) >= 11 is 0. The Bertz CT molecular complexity index is 867. The minimum atomic E-state index is -0.113. The van der Waals surface area contributed by atoms with Crippen LogP contribution in [-0.2, 0) is 6.54 Å². The zero-order valence-electron chi connectivity index (χ0n) is 12.6. The maximum atomic E-state index is 12.5. The normalized spacial score (nSPS) is 11.2. The van der Waals surface area contributed by atoms with Gasteiger partial charge in [-0.2, -0.15) is 0 Å². The molecule has 0 saturated heterocycles. The van der Waals surface area contributed by atoms with Crippen LogP contribution in [0.5, 0.6) is 0 Å². The van der Waals surface area contributed by atoms with Gasteiger partial charge in [-0.05, 0) is 44.4 Å². The van der Waals surface area contributed by atoms with E-state index < -0.39 is 0 Å². The van der Waals surface area contributed by atoms with Gasteiger partial charge >= 0.3 is 0 Å². The van der Waals surface area contributed by atoms with Gasteiger partial charge in [-0.25, -0.2) is 4.98 Å². The lowest BCUT2D eigenvalue weighted by molar-refractivity contribution is 0.442. The summed E-state index contributed by atoms with van der Waals surface area (Å²) in [5.41, 5.74) is 5.50. The van der Waals surface area contributed by atoms with E-state index in [0.717, 1.165) is 5.56 Å². The van der Waals surface area contributed by atoms with E-state index in [4.69, 9.17) is 4.52 Å². The fraction of sp³-hybridized carbons (Fsp3) is 0.312. The number of hydrogen-bond donors (Lipinski definition) is 0. The van der Waals surface area contributed by atoms with Crippen LogP contribution in [0.1, 0.15) is 27.9 Å². The van der Waals surface area contributed by atoms with Crippen molar-refractivity contribution < 1.29 is 4.52 Å². The third-order valence-electron chi connectivity index (χ3n) is 3.80. The highest BCUT2D eigenvalue weighted by molar-refractivity contribution is 5.73. The smallest absolute Gasteiger partial charge is 0.266 e. The van der Waals surface area contributed by atoms with Crippen molar-refractivity contribution in [2.75, 3.05) is 0 Å². The highest BCUT2D eigenvalue weighted by atomic mass is 16.5. The Morgan fingerprint density at radius 2 is 1.81 bits per heavy atom. The largest absolute Gasteiger partial charge is 0.335 e. The van der Waals surface area contributed by atoms with Crippen molar-refractivity contribution in [1.29, 1.82) is 0 Å². The summed E-state index contributed by atoms with van der Waals surface area (Å²) < 4.78 is 6.63. The Hall–Kier alpha value is -2.43. The standard InChI is InChI=1S/C16H17N3O2/c1-9-5-10(2)13(11(3)6-9)7-19-8-17-15-14(16(19)20)12(4)18-21-15/h5-6,8H,7H2,1-4H3. The van der Waals surface area contributed by atoms with Crippen LogP contribution < -0.4 is 5.56 Å². The molecule has 0 aliphatic heterocycles. The molecule has 5 heteroatoms. The Kier molecular flexibility index (Phi) is 3.12. The average Bonchev–Trinajstić information content (AvgIpc) is 2.78. The lowest BCUT2D eigenvalue weighted by Crippen LogP contribution is -2.22. The predicted octanol–water partition coefficient (Wildman–Crippen LogP) is 2.67. The molecule has 5 nitrogen and oxygen atoms in total. The molecule has 0 fully saturated rings. The van der Waals surface area contributed by atoms with Crippen LogP contribution in [0.3, 0.4) is 0 Å². The van der Waals surface area contributed by atoms with Crippen LogP contribution in [0.15, 0.2) is 27.8 Å². The van der Waals surface area contributed by atoms with Gasteiger partial charge in [0.25, 0.3) is 11.3 Å². The lowest BCUT2D eigenvalue weighted by atomic mass is 10.00. The summed E-state index contributed by atoms with van der Waals surface area (Å²) in [6, 6.07) is 4.26. The predicted molar refractivity (Wildman–Crippen MR) is 80.6 cm³/mol. The molecule has 2 heterocycles. The van der Waals surface area contributed by atoms with Gasteiger partial charge in [-0.1, -0.05) is 22.9 Å². The summed E-state index contributed by atoms with van der Waals surface area (Å²) in [5, 5.41) is 4.26. The van der Waals surface area contributed by atoms with E-state index in [0.29, 0.717) is 23.3 Å². The first-order chi connectivity index (χ1) is 9.97. The van der Waals surface area contributed by atoms with Crippen molar-refractivity contribution in [1.82, 2.24) is 14.7 Å². The second kappa shape index (κ2) is 4.84. The quantitative estimate of drug-likeness (QED) is 0.725. The molecule has 0 spiro atoms. The zero-order chi connectivity index (χ0) is 15.1. The SMILES string of the molecule is Cc1cc(C)c(Cn2cnc3onc(C)c3c2=O)c(C)c1. The first-order valence-corrected chi connectivity index (χ1v) is 6.85. The number of aromatic nitrogens is 3. The van der Waals surface area contributed by atoms with Gasteiger partial charge in [0.1, 0.15) is 11.7 Å². The molecule has 0 aliphatic carbocycles. The first kappa shape index (κ1) is 13.5. The summed E-state index contributed by atoms with van der Waals surface area (Å²) in [6.07, 6.45) is 1.52. The third kappa shape index (κ3) is 2.24. The molecule has 2 aromatic heterocycles. The van der Waals surface area contributed by atoms with Gasteiger partial charge in [-0.15, -0.1) is 0 Å². The minimum Gasteiger partial charge on any atom is -0.335 e. The third-order valence-corrected chi connectivity index (χ3v) is 3.80. The van der Waals surface area contributed by atoms with Crippen molar-refractivity contribution in [3.63, 3.8) is 0 Å². The van der Waals surface area contributed by atoms with E-state index in [1.807, 2.05) is 0 Å². The molecule has 0 N–H and O–H groups in total. The summed E-state index contributed by atoms with van der Waals surface area (Å²) in [7, 11) is 0. The van der Waals surface area contributed by atoms with Crippen molar-refractivity contribution >= 4 is 11.1 Å². The van der Waals surface area contributed by atoms with Gasteiger partial charge in [0.15, 0.2) is 0 Å². The van der Waals surface area contributed by atoms with Crippen LogP contribution in [0.25, 0.3) is 11.1 Å². The van der Waals surface area contributed by atoms with Crippen LogP contribution in [0.4, 0.5) is 0 Å². The molecule has 0 unspecified atom stereocenters. The van der Waals surface area contributed by atoms with Gasteiger partial charge < -0.3 is 4.52 Å². The van der Waals surface area contributed by atoms with Gasteiger partial charge in [0, 0.05) is 0 Å². The first-order valence-electron chi connectivity index (χ1n) is 6.85. The Morgan fingerprint density at radius 1 is 1.14 bits per heavy atom. The van der Waals surface area contributed by atoms with E-state index in [1.165, 1.54) is 23.0 Å². The molecule has 0 atom stereocenters. The number of benzene rings is 1. The molecule has 0 radical (unpaired) electrons. The van der Waals surface area contributed by atoms with Gasteiger partial charge in [0.05, 0.1) is 12.2 Å². The summed E-state index contributed by atoms with van der Waals surface area (Å²) in [5.74, 6) is 0. The maximum absolute atomic E-state index is 12.5.